The Morgan fingerprint density at radius 2 is 1.55 bits per heavy atom. The molecular weight excluding hydrogens is 583 g/mol. The summed E-state index contributed by atoms with van der Waals surface area (Å²) in [6.45, 7) is 0.491. The molecule has 8 heteroatoms. The topological polar surface area (TPSA) is 70.9 Å². The van der Waals surface area contributed by atoms with Crippen LogP contribution in [0.25, 0.3) is 32.8 Å². The largest absolute Gasteiger partial charge is 0.416 e. The molecule has 6 aromatic rings. The van der Waals surface area contributed by atoms with E-state index in [1.54, 1.807) is 12.1 Å². The molecule has 4 N–H and O–H groups in total. The minimum absolute atomic E-state index is 0. The Bertz CT molecular complexity index is 1940. The van der Waals surface area contributed by atoms with E-state index < -0.39 is 11.7 Å². The van der Waals surface area contributed by atoms with Crippen LogP contribution in [-0.2, 0) is 25.6 Å². The minimum Gasteiger partial charge on any atom is -0.358 e. The lowest BCUT2D eigenvalue weighted by Gasteiger charge is -2.10. The van der Waals surface area contributed by atoms with Gasteiger partial charge in [-0.1, -0.05) is 72.8 Å². The number of aromatic nitrogens is 1. The van der Waals surface area contributed by atoms with Gasteiger partial charge in [0.15, 0.2) is 0 Å². The Labute approximate surface area is 259 Å². The summed E-state index contributed by atoms with van der Waals surface area (Å²) >= 11 is 0. The van der Waals surface area contributed by atoms with E-state index >= 15 is 0 Å². The van der Waals surface area contributed by atoms with Gasteiger partial charge in [0, 0.05) is 35.1 Å². The number of amides is 1. The van der Waals surface area contributed by atoms with E-state index in [4.69, 9.17) is 5.73 Å². The van der Waals surface area contributed by atoms with Gasteiger partial charge in [-0.05, 0) is 88.0 Å². The third kappa shape index (κ3) is 6.49. The molecular formula is C36H31ClF3N3O. The Kier molecular flexibility index (Phi) is 9.09. The number of benzene rings is 5. The van der Waals surface area contributed by atoms with Crippen LogP contribution in [0.3, 0.4) is 0 Å². The van der Waals surface area contributed by atoms with Gasteiger partial charge < -0.3 is 16.0 Å². The van der Waals surface area contributed by atoms with E-state index in [-0.39, 0.29) is 24.9 Å². The summed E-state index contributed by atoms with van der Waals surface area (Å²) in [5, 5.41) is 6.26. The van der Waals surface area contributed by atoms with Crippen molar-refractivity contribution in [1.82, 2.24) is 10.3 Å². The van der Waals surface area contributed by atoms with Crippen molar-refractivity contribution in [2.24, 2.45) is 5.73 Å². The Balaban J connectivity index is 0.00000384. The standard InChI is InChI=1S/C36H30F3N3O.ClH/c37-36(38,39)28-11-4-7-24(19-28)22-41-35(43)27-10-3-6-23(18-27)20-34-31(16-17-40)32-21-26(14-15-33(32)42-34)30-13-5-9-25-8-1-2-12-29(25)30;/h1-15,18-19,21,42H,16-17,20,22,40H2,(H,41,43);1H. The fourth-order valence-corrected chi connectivity index (χ4v) is 5.70. The molecule has 0 saturated heterocycles. The van der Waals surface area contributed by atoms with Crippen LogP contribution in [0, 0.1) is 0 Å². The molecule has 0 saturated carbocycles. The number of hydrogen-bond acceptors (Lipinski definition) is 2. The second-order valence-corrected chi connectivity index (χ2v) is 10.7. The van der Waals surface area contributed by atoms with Crippen LogP contribution in [0.15, 0.2) is 109 Å². The van der Waals surface area contributed by atoms with Crippen molar-refractivity contribution >= 4 is 40.0 Å². The van der Waals surface area contributed by atoms with Crippen LogP contribution in [0.1, 0.15) is 38.3 Å². The highest BCUT2D eigenvalue weighted by Gasteiger charge is 2.30. The summed E-state index contributed by atoms with van der Waals surface area (Å²) in [6, 6.07) is 33.4. The summed E-state index contributed by atoms with van der Waals surface area (Å²) < 4.78 is 39.2. The molecule has 224 valence electrons. The molecule has 1 aromatic heterocycles. The molecule has 0 aliphatic heterocycles. The number of aromatic amines is 1. The predicted molar refractivity (Wildman–Crippen MR) is 173 cm³/mol. The molecule has 0 atom stereocenters. The number of halogens is 4. The minimum atomic E-state index is -4.43. The van der Waals surface area contributed by atoms with Crippen molar-refractivity contribution in [1.29, 1.82) is 0 Å². The maximum Gasteiger partial charge on any atom is 0.416 e. The lowest BCUT2D eigenvalue weighted by Crippen LogP contribution is -2.23. The van der Waals surface area contributed by atoms with Crippen molar-refractivity contribution in [3.63, 3.8) is 0 Å². The molecule has 0 aliphatic rings. The number of hydrogen-bond donors (Lipinski definition) is 3. The normalized spacial score (nSPS) is 11.5. The van der Waals surface area contributed by atoms with Crippen LogP contribution >= 0.6 is 12.4 Å². The van der Waals surface area contributed by atoms with E-state index in [0.29, 0.717) is 30.5 Å². The molecule has 0 aliphatic carbocycles. The number of alkyl halides is 3. The van der Waals surface area contributed by atoms with Gasteiger partial charge in [-0.2, -0.15) is 13.2 Å². The third-order valence-corrected chi connectivity index (χ3v) is 7.77. The van der Waals surface area contributed by atoms with E-state index in [1.807, 2.05) is 24.3 Å². The Morgan fingerprint density at radius 3 is 2.36 bits per heavy atom. The number of H-pyrrole nitrogens is 1. The van der Waals surface area contributed by atoms with Gasteiger partial charge in [0.25, 0.3) is 5.91 Å². The van der Waals surface area contributed by atoms with Crippen LogP contribution in [0.2, 0.25) is 0 Å². The first-order chi connectivity index (χ1) is 20.8. The lowest BCUT2D eigenvalue weighted by atomic mass is 9.95. The molecule has 4 nitrogen and oxygen atoms in total. The SMILES string of the molecule is Cl.NCCc1c(Cc2cccc(C(=O)NCc3cccc(C(F)(F)F)c3)c2)[nH]c2ccc(-c3cccc4ccccc34)cc12. The number of nitrogens with two attached hydrogens (primary N) is 1. The number of nitrogens with one attached hydrogen (secondary N) is 2. The smallest absolute Gasteiger partial charge is 0.358 e. The van der Waals surface area contributed by atoms with E-state index in [9.17, 15) is 18.0 Å². The first-order valence-corrected chi connectivity index (χ1v) is 14.1. The van der Waals surface area contributed by atoms with Crippen molar-refractivity contribution in [3.05, 3.63) is 143 Å². The number of carbonyl (C=O) groups is 1. The van der Waals surface area contributed by atoms with Gasteiger partial charge in [0.05, 0.1) is 5.56 Å². The van der Waals surface area contributed by atoms with E-state index in [1.165, 1.54) is 22.4 Å². The lowest BCUT2D eigenvalue weighted by molar-refractivity contribution is -0.137. The Morgan fingerprint density at radius 1 is 0.795 bits per heavy atom. The van der Waals surface area contributed by atoms with E-state index in [2.05, 4.69) is 64.9 Å². The molecule has 0 unspecified atom stereocenters. The molecule has 1 amide bonds. The van der Waals surface area contributed by atoms with Gasteiger partial charge in [0.2, 0.25) is 0 Å². The molecule has 5 aromatic carbocycles. The van der Waals surface area contributed by atoms with Gasteiger partial charge in [-0.15, -0.1) is 12.4 Å². The molecule has 6 rings (SSSR count). The summed E-state index contributed by atoms with van der Waals surface area (Å²) in [4.78, 5) is 16.5. The second-order valence-electron chi connectivity index (χ2n) is 10.7. The van der Waals surface area contributed by atoms with Crippen LogP contribution in [0.5, 0.6) is 0 Å². The van der Waals surface area contributed by atoms with Crippen molar-refractivity contribution in [3.8, 4) is 11.1 Å². The van der Waals surface area contributed by atoms with Crippen molar-refractivity contribution in [2.75, 3.05) is 6.54 Å². The highest BCUT2D eigenvalue weighted by Crippen LogP contribution is 2.34. The summed E-state index contributed by atoms with van der Waals surface area (Å²) in [5.74, 6) is -0.349. The first kappa shape index (κ1) is 30.9. The van der Waals surface area contributed by atoms with Gasteiger partial charge in [0.1, 0.15) is 0 Å². The van der Waals surface area contributed by atoms with Crippen LogP contribution in [0.4, 0.5) is 13.2 Å². The highest BCUT2D eigenvalue weighted by molar-refractivity contribution is 5.99. The van der Waals surface area contributed by atoms with Gasteiger partial charge in [-0.3, -0.25) is 4.79 Å². The number of carbonyl (C=O) groups excluding carboxylic acids is 1. The summed E-state index contributed by atoms with van der Waals surface area (Å²) in [6.07, 6.45) is -3.16. The molecule has 0 bridgehead atoms. The zero-order chi connectivity index (χ0) is 30.0. The quantitative estimate of drug-likeness (QED) is 0.161. The highest BCUT2D eigenvalue weighted by atomic mass is 35.5. The third-order valence-electron chi connectivity index (χ3n) is 7.77. The van der Waals surface area contributed by atoms with E-state index in [0.717, 1.165) is 45.4 Å². The Hall–Kier alpha value is -4.59. The molecule has 44 heavy (non-hydrogen) atoms. The molecule has 0 spiro atoms. The second kappa shape index (κ2) is 13.0. The molecule has 0 fully saturated rings. The number of rotatable bonds is 8. The average Bonchev–Trinajstić information content (AvgIpc) is 3.35. The fraction of sp³-hybridized carbons (Fsp3) is 0.139. The van der Waals surface area contributed by atoms with Crippen LogP contribution < -0.4 is 11.1 Å². The fourth-order valence-electron chi connectivity index (χ4n) is 5.70. The first-order valence-electron chi connectivity index (χ1n) is 14.1. The molecule has 1 heterocycles. The predicted octanol–water partition coefficient (Wildman–Crippen LogP) is 8.45. The maximum atomic E-state index is 13.1. The summed E-state index contributed by atoms with van der Waals surface area (Å²) in [7, 11) is 0. The maximum absolute atomic E-state index is 13.1. The van der Waals surface area contributed by atoms with Crippen molar-refractivity contribution in [2.45, 2.75) is 25.6 Å². The van der Waals surface area contributed by atoms with Crippen molar-refractivity contribution < 1.29 is 18.0 Å². The zero-order valence-electron chi connectivity index (χ0n) is 23.7. The van der Waals surface area contributed by atoms with Gasteiger partial charge >= 0.3 is 6.18 Å². The average molecular weight is 614 g/mol. The number of fused-ring (bicyclic) bond motifs is 2. The monoisotopic (exact) mass is 613 g/mol. The molecule has 0 radical (unpaired) electrons. The van der Waals surface area contributed by atoms with Gasteiger partial charge in [-0.25, -0.2) is 0 Å². The van der Waals surface area contributed by atoms with Crippen LogP contribution in [-0.4, -0.2) is 17.4 Å². The zero-order valence-corrected chi connectivity index (χ0v) is 24.6. The summed E-state index contributed by atoms with van der Waals surface area (Å²) in [5.41, 5.74) is 12.6.